The minimum atomic E-state index is -0.853. The maximum atomic E-state index is 11.7. The fourth-order valence-electron chi connectivity index (χ4n) is 2.15. The van der Waals surface area contributed by atoms with Gasteiger partial charge in [0.15, 0.2) is 5.17 Å². The molecule has 0 saturated heterocycles. The summed E-state index contributed by atoms with van der Waals surface area (Å²) in [6, 6.07) is 8.94. The molecular formula is C15H17N3O3S. The van der Waals surface area contributed by atoms with Gasteiger partial charge in [-0.2, -0.15) is 0 Å². The molecule has 2 rings (SSSR count). The molecule has 0 aliphatic carbocycles. The van der Waals surface area contributed by atoms with Crippen molar-refractivity contribution in [1.29, 1.82) is 0 Å². The Balaban J connectivity index is 2.26. The maximum absolute atomic E-state index is 11.7. The molecule has 0 saturated carbocycles. The number of amidine groups is 1. The highest BCUT2D eigenvalue weighted by Crippen LogP contribution is 2.31. The van der Waals surface area contributed by atoms with Gasteiger partial charge in [0, 0.05) is 11.4 Å². The van der Waals surface area contributed by atoms with Crippen LogP contribution in [0, 0.1) is 0 Å². The van der Waals surface area contributed by atoms with Crippen molar-refractivity contribution in [3.8, 4) is 0 Å². The summed E-state index contributed by atoms with van der Waals surface area (Å²) in [5.41, 5.74) is 7.42. The summed E-state index contributed by atoms with van der Waals surface area (Å²) in [5.74, 6) is -0.965. The number of primary amides is 1. The molecule has 6 nitrogen and oxygen atoms in total. The maximum Gasteiger partial charge on any atom is 0.304 e. The standard InChI is InChI=1S/C15H17N3O3S/c1-9-12(14(16)21)13(10-5-3-2-4-6-10)18-15(17-9)22-8-7-11(19)20/h2-6,13H,7-8H2,1H3,(H2,16,21)(H,17,18)(H,19,20). The number of hydrogen-bond donors (Lipinski definition) is 3. The molecule has 22 heavy (non-hydrogen) atoms. The molecular weight excluding hydrogens is 302 g/mol. The van der Waals surface area contributed by atoms with Crippen molar-refractivity contribution in [2.45, 2.75) is 19.4 Å². The second kappa shape index (κ2) is 7.13. The molecule has 0 radical (unpaired) electrons. The predicted octanol–water partition coefficient (Wildman–Crippen LogP) is 1.65. The third-order valence-corrected chi connectivity index (χ3v) is 4.04. The monoisotopic (exact) mass is 319 g/mol. The van der Waals surface area contributed by atoms with Crippen molar-refractivity contribution in [3.05, 3.63) is 47.2 Å². The third-order valence-electron chi connectivity index (χ3n) is 3.15. The summed E-state index contributed by atoms with van der Waals surface area (Å²) in [6.45, 7) is 1.77. The van der Waals surface area contributed by atoms with Crippen LogP contribution < -0.4 is 11.1 Å². The number of carbonyl (C=O) groups excluding carboxylic acids is 1. The fourth-order valence-corrected chi connectivity index (χ4v) is 3.03. The van der Waals surface area contributed by atoms with Crippen LogP contribution in [0.1, 0.15) is 24.9 Å². The van der Waals surface area contributed by atoms with Gasteiger partial charge in [-0.25, -0.2) is 4.99 Å². The van der Waals surface area contributed by atoms with E-state index in [0.717, 1.165) is 5.56 Å². The van der Waals surface area contributed by atoms with Crippen LogP contribution in [0.3, 0.4) is 0 Å². The topological polar surface area (TPSA) is 105 Å². The number of nitrogens with two attached hydrogens (primary N) is 1. The number of aliphatic imine (C=N–C) groups is 1. The van der Waals surface area contributed by atoms with E-state index in [1.165, 1.54) is 11.8 Å². The first-order valence-electron chi connectivity index (χ1n) is 6.74. The van der Waals surface area contributed by atoms with E-state index < -0.39 is 17.9 Å². The van der Waals surface area contributed by atoms with Gasteiger partial charge in [0.1, 0.15) is 6.04 Å². The van der Waals surface area contributed by atoms with Crippen molar-refractivity contribution in [2.75, 3.05) is 5.75 Å². The highest BCUT2D eigenvalue weighted by molar-refractivity contribution is 8.13. The van der Waals surface area contributed by atoms with E-state index in [1.54, 1.807) is 6.92 Å². The first-order chi connectivity index (χ1) is 10.5. The second-order valence-corrected chi connectivity index (χ2v) is 5.85. The number of benzene rings is 1. The Morgan fingerprint density at radius 1 is 1.36 bits per heavy atom. The molecule has 1 aromatic carbocycles. The molecule has 1 aliphatic rings. The molecule has 0 aromatic heterocycles. The highest BCUT2D eigenvalue weighted by Gasteiger charge is 2.27. The summed E-state index contributed by atoms with van der Waals surface area (Å²) >= 11 is 1.31. The Labute approximate surface area is 132 Å². The Kier molecular flexibility index (Phi) is 5.21. The first kappa shape index (κ1) is 16.1. The van der Waals surface area contributed by atoms with Crippen LogP contribution in [0.15, 0.2) is 46.6 Å². The number of carboxylic acid groups (broad SMARTS) is 1. The zero-order valence-electron chi connectivity index (χ0n) is 12.1. The molecule has 1 aromatic rings. The second-order valence-electron chi connectivity index (χ2n) is 4.77. The van der Waals surface area contributed by atoms with Crippen molar-refractivity contribution in [2.24, 2.45) is 10.7 Å². The van der Waals surface area contributed by atoms with Gasteiger partial charge >= 0.3 is 5.97 Å². The molecule has 7 heteroatoms. The van der Waals surface area contributed by atoms with Crippen molar-refractivity contribution in [1.82, 2.24) is 5.32 Å². The van der Waals surface area contributed by atoms with E-state index in [-0.39, 0.29) is 6.42 Å². The normalized spacial score (nSPS) is 17.7. The lowest BCUT2D eigenvalue weighted by Gasteiger charge is -2.25. The molecule has 1 amide bonds. The SMILES string of the molecule is CC1=C(C(N)=O)C(c2ccccc2)N=C(SCCC(=O)O)N1. The molecule has 0 spiro atoms. The van der Waals surface area contributed by atoms with Crippen LogP contribution in [0.25, 0.3) is 0 Å². The summed E-state index contributed by atoms with van der Waals surface area (Å²) < 4.78 is 0. The number of nitrogens with one attached hydrogen (secondary N) is 1. The van der Waals surface area contributed by atoms with Gasteiger partial charge in [-0.3, -0.25) is 9.59 Å². The van der Waals surface area contributed by atoms with Crippen molar-refractivity contribution in [3.63, 3.8) is 0 Å². The van der Waals surface area contributed by atoms with Gasteiger partial charge in [-0.1, -0.05) is 42.1 Å². The van der Waals surface area contributed by atoms with E-state index in [9.17, 15) is 9.59 Å². The number of carboxylic acids is 1. The van der Waals surface area contributed by atoms with Crippen molar-refractivity contribution >= 4 is 28.8 Å². The zero-order chi connectivity index (χ0) is 16.1. The van der Waals surface area contributed by atoms with E-state index in [2.05, 4.69) is 10.3 Å². The Hall–Kier alpha value is -2.28. The van der Waals surface area contributed by atoms with Crippen LogP contribution in [0.2, 0.25) is 0 Å². The molecule has 1 atom stereocenters. The Morgan fingerprint density at radius 3 is 2.64 bits per heavy atom. The lowest BCUT2D eigenvalue weighted by Crippen LogP contribution is -2.32. The average Bonchev–Trinajstić information content (AvgIpc) is 2.46. The minimum absolute atomic E-state index is 0.0484. The summed E-state index contributed by atoms with van der Waals surface area (Å²) in [4.78, 5) is 26.8. The molecule has 1 unspecified atom stereocenters. The molecule has 0 bridgehead atoms. The van der Waals surface area contributed by atoms with Crippen LogP contribution in [-0.2, 0) is 9.59 Å². The van der Waals surface area contributed by atoms with Crippen LogP contribution in [0.4, 0.5) is 0 Å². The number of hydrogen-bond acceptors (Lipinski definition) is 5. The van der Waals surface area contributed by atoms with E-state index in [1.807, 2.05) is 30.3 Å². The highest BCUT2D eigenvalue weighted by atomic mass is 32.2. The van der Waals surface area contributed by atoms with Gasteiger partial charge in [-0.05, 0) is 12.5 Å². The van der Waals surface area contributed by atoms with Gasteiger partial charge in [0.2, 0.25) is 5.91 Å². The molecule has 116 valence electrons. The molecule has 4 N–H and O–H groups in total. The van der Waals surface area contributed by atoms with Crippen LogP contribution >= 0.6 is 11.8 Å². The van der Waals surface area contributed by atoms with Gasteiger partial charge < -0.3 is 16.2 Å². The number of aliphatic carboxylic acids is 1. The smallest absolute Gasteiger partial charge is 0.304 e. The number of allylic oxidation sites excluding steroid dienone is 1. The quantitative estimate of drug-likeness (QED) is 0.765. The van der Waals surface area contributed by atoms with Gasteiger partial charge in [0.25, 0.3) is 0 Å². The zero-order valence-corrected chi connectivity index (χ0v) is 12.9. The first-order valence-corrected chi connectivity index (χ1v) is 7.72. The molecule has 0 fully saturated rings. The van der Waals surface area contributed by atoms with E-state index >= 15 is 0 Å². The Morgan fingerprint density at radius 2 is 2.05 bits per heavy atom. The van der Waals surface area contributed by atoms with Crippen molar-refractivity contribution < 1.29 is 14.7 Å². The Bertz CT molecular complexity index is 641. The van der Waals surface area contributed by atoms with E-state index in [4.69, 9.17) is 10.8 Å². The summed E-state index contributed by atoms with van der Waals surface area (Å²) in [6.07, 6.45) is 0.0484. The number of rotatable bonds is 5. The van der Waals surface area contributed by atoms with Gasteiger partial charge in [-0.15, -0.1) is 0 Å². The largest absolute Gasteiger partial charge is 0.481 e. The summed E-state index contributed by atoms with van der Waals surface area (Å²) in [7, 11) is 0. The third kappa shape index (κ3) is 3.88. The minimum Gasteiger partial charge on any atom is -0.481 e. The lowest BCUT2D eigenvalue weighted by atomic mass is 9.96. The van der Waals surface area contributed by atoms with Crippen LogP contribution in [0.5, 0.6) is 0 Å². The predicted molar refractivity (Wildman–Crippen MR) is 86.4 cm³/mol. The lowest BCUT2D eigenvalue weighted by molar-refractivity contribution is -0.136. The number of amides is 1. The summed E-state index contributed by atoms with van der Waals surface area (Å²) in [5, 5.41) is 12.3. The number of thioether (sulfide) groups is 1. The molecule has 1 aliphatic heterocycles. The van der Waals surface area contributed by atoms with E-state index in [0.29, 0.717) is 22.2 Å². The van der Waals surface area contributed by atoms with Crippen LogP contribution in [-0.4, -0.2) is 27.9 Å². The molecule has 1 heterocycles. The fraction of sp³-hybridized carbons (Fsp3) is 0.267. The van der Waals surface area contributed by atoms with Gasteiger partial charge in [0.05, 0.1) is 12.0 Å². The average molecular weight is 319 g/mol. The number of carbonyl (C=O) groups is 2. The number of nitrogens with zero attached hydrogens (tertiary/aromatic N) is 1.